The van der Waals surface area contributed by atoms with Gasteiger partial charge in [0.15, 0.2) is 5.43 Å². The average Bonchev–Trinajstić information content (AvgIpc) is 3.12. The van der Waals surface area contributed by atoms with Crippen molar-refractivity contribution in [1.82, 2.24) is 4.98 Å². The van der Waals surface area contributed by atoms with E-state index in [0.717, 1.165) is 24.6 Å². The molecular formula is C27H23FN2O4. The topological polar surface area (TPSA) is 72.6 Å². The quantitative estimate of drug-likeness (QED) is 0.354. The van der Waals surface area contributed by atoms with Crippen LogP contribution in [0.15, 0.2) is 69.9 Å². The maximum Gasteiger partial charge on any atom is 0.296 e. The zero-order valence-corrected chi connectivity index (χ0v) is 18.9. The van der Waals surface area contributed by atoms with Gasteiger partial charge in [-0.1, -0.05) is 31.5 Å². The lowest BCUT2D eigenvalue weighted by Gasteiger charge is -2.24. The highest BCUT2D eigenvalue weighted by Gasteiger charge is 2.44. The number of ether oxygens (including phenoxy) is 1. The number of amides is 1. The van der Waals surface area contributed by atoms with E-state index in [9.17, 15) is 14.0 Å². The van der Waals surface area contributed by atoms with Crippen LogP contribution in [0.5, 0.6) is 5.75 Å². The highest BCUT2D eigenvalue weighted by atomic mass is 19.1. The minimum atomic E-state index is -0.796. The van der Waals surface area contributed by atoms with E-state index in [0.29, 0.717) is 23.7 Å². The summed E-state index contributed by atoms with van der Waals surface area (Å²) in [6.07, 6.45) is 1.91. The van der Waals surface area contributed by atoms with E-state index in [-0.39, 0.29) is 22.3 Å². The summed E-state index contributed by atoms with van der Waals surface area (Å²) in [5.41, 5.74) is 1.28. The van der Waals surface area contributed by atoms with Crippen LogP contribution in [0.25, 0.3) is 11.0 Å². The number of carbonyl (C=O) groups excluding carboxylic acids is 1. The molecule has 0 spiro atoms. The number of hydrogen-bond acceptors (Lipinski definition) is 5. The van der Waals surface area contributed by atoms with Crippen LogP contribution in [0.1, 0.15) is 53.2 Å². The lowest BCUT2D eigenvalue weighted by molar-refractivity contribution is 0.0970. The van der Waals surface area contributed by atoms with Crippen LogP contribution in [0.2, 0.25) is 0 Å². The molecule has 1 aliphatic heterocycles. The monoisotopic (exact) mass is 458 g/mol. The molecule has 2 aromatic heterocycles. The molecule has 0 saturated carbocycles. The molecule has 5 rings (SSSR count). The minimum Gasteiger partial charge on any atom is -0.494 e. The van der Waals surface area contributed by atoms with Crippen LogP contribution in [0.4, 0.5) is 10.2 Å². The maximum atomic E-state index is 14.0. The number of pyridine rings is 1. The molecule has 34 heavy (non-hydrogen) atoms. The Bertz CT molecular complexity index is 1460. The normalized spacial score (nSPS) is 15.1. The molecule has 6 nitrogen and oxygen atoms in total. The first kappa shape index (κ1) is 21.8. The molecule has 2 aromatic carbocycles. The maximum absolute atomic E-state index is 14.0. The third kappa shape index (κ3) is 3.73. The Hall–Kier alpha value is -4.00. The van der Waals surface area contributed by atoms with Gasteiger partial charge in [-0.2, -0.15) is 0 Å². The Labute approximate surface area is 195 Å². The van der Waals surface area contributed by atoms with Crippen molar-refractivity contribution in [3.63, 3.8) is 0 Å². The Morgan fingerprint density at radius 2 is 1.91 bits per heavy atom. The van der Waals surface area contributed by atoms with Crippen molar-refractivity contribution in [2.24, 2.45) is 0 Å². The van der Waals surface area contributed by atoms with Crippen LogP contribution >= 0.6 is 0 Å². The zero-order valence-electron chi connectivity index (χ0n) is 18.9. The van der Waals surface area contributed by atoms with Gasteiger partial charge in [0.1, 0.15) is 23.0 Å². The number of benzene rings is 2. The van der Waals surface area contributed by atoms with Crippen LogP contribution in [0.3, 0.4) is 0 Å². The molecule has 0 fully saturated rings. The lowest BCUT2D eigenvalue weighted by Crippen LogP contribution is -2.30. The van der Waals surface area contributed by atoms with Crippen LogP contribution in [-0.2, 0) is 0 Å². The SMILES string of the molecule is CCCCOc1cccc([C@H]2c3c(oc4ccc(F)cc4c3=O)C(=O)N2c2cccc(C)n2)c1. The van der Waals surface area contributed by atoms with Gasteiger partial charge >= 0.3 is 0 Å². The minimum absolute atomic E-state index is 0.0604. The number of hydrogen-bond donors (Lipinski definition) is 0. The Kier molecular flexibility index (Phi) is 5.61. The number of anilines is 1. The smallest absolute Gasteiger partial charge is 0.296 e. The molecule has 0 radical (unpaired) electrons. The molecule has 0 saturated heterocycles. The summed E-state index contributed by atoms with van der Waals surface area (Å²) in [6.45, 7) is 4.48. The Morgan fingerprint density at radius 3 is 2.71 bits per heavy atom. The molecule has 4 aromatic rings. The molecule has 3 heterocycles. The fraction of sp³-hybridized carbons (Fsp3) is 0.222. The number of unbranched alkanes of at least 4 members (excludes halogenated alkanes) is 1. The largest absolute Gasteiger partial charge is 0.494 e. The molecule has 7 heteroatoms. The summed E-state index contributed by atoms with van der Waals surface area (Å²) in [4.78, 5) is 33.2. The van der Waals surface area contributed by atoms with E-state index in [1.807, 2.05) is 37.3 Å². The molecule has 0 N–H and O–H groups in total. The predicted molar refractivity (Wildman–Crippen MR) is 127 cm³/mol. The van der Waals surface area contributed by atoms with Gasteiger partial charge in [-0.05, 0) is 61.4 Å². The summed E-state index contributed by atoms with van der Waals surface area (Å²) in [7, 11) is 0. The van der Waals surface area contributed by atoms with Gasteiger partial charge in [-0.25, -0.2) is 9.37 Å². The van der Waals surface area contributed by atoms with E-state index in [2.05, 4.69) is 11.9 Å². The van der Waals surface area contributed by atoms with Crippen molar-refractivity contribution < 1.29 is 18.3 Å². The van der Waals surface area contributed by atoms with Gasteiger partial charge < -0.3 is 9.15 Å². The number of aryl methyl sites for hydroxylation is 1. The molecule has 1 atom stereocenters. The first-order chi connectivity index (χ1) is 16.5. The number of aromatic nitrogens is 1. The fourth-order valence-corrected chi connectivity index (χ4v) is 4.27. The number of rotatable bonds is 6. The molecule has 0 unspecified atom stereocenters. The first-order valence-electron chi connectivity index (χ1n) is 11.2. The van der Waals surface area contributed by atoms with Crippen molar-refractivity contribution in [3.8, 4) is 5.75 Å². The molecule has 172 valence electrons. The third-order valence-electron chi connectivity index (χ3n) is 5.89. The van der Waals surface area contributed by atoms with E-state index in [4.69, 9.17) is 9.15 Å². The second kappa shape index (κ2) is 8.74. The molecule has 0 bridgehead atoms. The fourth-order valence-electron chi connectivity index (χ4n) is 4.27. The van der Waals surface area contributed by atoms with Gasteiger partial charge in [0, 0.05) is 5.69 Å². The van der Waals surface area contributed by atoms with Crippen molar-refractivity contribution in [2.45, 2.75) is 32.7 Å². The van der Waals surface area contributed by atoms with Gasteiger partial charge in [0.2, 0.25) is 5.76 Å². The Morgan fingerprint density at radius 1 is 1.09 bits per heavy atom. The van der Waals surface area contributed by atoms with Crippen LogP contribution in [0, 0.1) is 12.7 Å². The number of nitrogens with zero attached hydrogens (tertiary/aromatic N) is 2. The lowest BCUT2D eigenvalue weighted by atomic mass is 9.98. The van der Waals surface area contributed by atoms with E-state index < -0.39 is 23.2 Å². The summed E-state index contributed by atoms with van der Waals surface area (Å²) in [5, 5.41) is 0.0888. The number of halogens is 1. The van der Waals surface area contributed by atoms with Gasteiger partial charge in [0.05, 0.1) is 23.6 Å². The van der Waals surface area contributed by atoms with Crippen molar-refractivity contribution >= 4 is 22.7 Å². The highest BCUT2D eigenvalue weighted by Crippen LogP contribution is 2.41. The molecule has 1 aliphatic rings. The van der Waals surface area contributed by atoms with Crippen molar-refractivity contribution in [3.05, 3.63) is 99.3 Å². The Balaban J connectivity index is 1.72. The standard InChI is InChI=1S/C27H23FN2O4/c1-3-4-13-33-19-9-6-8-17(14-19)24-23-25(31)20-15-18(28)11-12-21(20)34-26(23)27(32)30(24)22-10-5-7-16(2)29-22/h5-12,14-15,24H,3-4,13H2,1-2H3/t24-/m0/s1. The summed E-state index contributed by atoms with van der Waals surface area (Å²) in [5.74, 6) is -0.0498. The van der Waals surface area contributed by atoms with Crippen LogP contribution in [-0.4, -0.2) is 17.5 Å². The average molecular weight is 458 g/mol. The van der Waals surface area contributed by atoms with Crippen molar-refractivity contribution in [1.29, 1.82) is 0 Å². The summed E-state index contributed by atoms with van der Waals surface area (Å²) in [6, 6.07) is 15.6. The first-order valence-corrected chi connectivity index (χ1v) is 11.2. The third-order valence-corrected chi connectivity index (χ3v) is 5.89. The number of carbonyl (C=O) groups is 1. The second-order valence-corrected chi connectivity index (χ2v) is 8.30. The predicted octanol–water partition coefficient (Wildman–Crippen LogP) is 5.56. The summed E-state index contributed by atoms with van der Waals surface area (Å²) < 4.78 is 25.7. The van der Waals surface area contributed by atoms with E-state index in [1.54, 1.807) is 12.1 Å². The van der Waals surface area contributed by atoms with Gasteiger partial charge in [-0.15, -0.1) is 0 Å². The van der Waals surface area contributed by atoms with E-state index in [1.165, 1.54) is 17.0 Å². The molecular weight excluding hydrogens is 435 g/mol. The second-order valence-electron chi connectivity index (χ2n) is 8.30. The highest BCUT2D eigenvalue weighted by molar-refractivity contribution is 6.10. The van der Waals surface area contributed by atoms with E-state index >= 15 is 0 Å². The molecule has 1 amide bonds. The van der Waals surface area contributed by atoms with Gasteiger partial charge in [-0.3, -0.25) is 14.5 Å². The number of fused-ring (bicyclic) bond motifs is 2. The van der Waals surface area contributed by atoms with Crippen LogP contribution < -0.4 is 15.1 Å². The summed E-state index contributed by atoms with van der Waals surface area (Å²) >= 11 is 0. The van der Waals surface area contributed by atoms with Gasteiger partial charge in [0.25, 0.3) is 5.91 Å². The molecule has 0 aliphatic carbocycles. The zero-order chi connectivity index (χ0) is 23.8. The van der Waals surface area contributed by atoms with Crippen molar-refractivity contribution in [2.75, 3.05) is 11.5 Å².